The van der Waals surface area contributed by atoms with Crippen molar-refractivity contribution in [2.45, 2.75) is 306 Å². The van der Waals surface area contributed by atoms with Crippen LogP contribution in [0.1, 0.15) is 172 Å². The molecular formula is C62H115NO24. The van der Waals surface area contributed by atoms with Crippen molar-refractivity contribution < 1.29 is 122 Å². The van der Waals surface area contributed by atoms with Crippen LogP contribution >= 0.6 is 0 Å². The van der Waals surface area contributed by atoms with E-state index in [4.69, 9.17) is 4.74 Å². The maximum absolute atomic E-state index is 12.6. The Morgan fingerprint density at radius 1 is 0.540 bits per heavy atom. The largest absolute Gasteiger partial charge is 0.507 e. The number of aliphatic hydroxyl groups is 21. The van der Waals surface area contributed by atoms with Gasteiger partial charge in [-0.3, -0.25) is 9.59 Å². The normalized spacial score (nSPS) is 29.4. The second-order valence-corrected chi connectivity index (χ2v) is 26.4. The first-order valence-electron chi connectivity index (χ1n) is 31.5. The average Bonchev–Trinajstić information content (AvgIpc) is 2.13. The number of hydrogen-bond donors (Lipinski definition) is 21. The molecule has 1 amide bonds. The molecule has 87 heavy (non-hydrogen) atoms. The van der Waals surface area contributed by atoms with Gasteiger partial charge in [0.25, 0.3) is 5.91 Å². The summed E-state index contributed by atoms with van der Waals surface area (Å²) in [5.74, 6) is -9.32. The van der Waals surface area contributed by atoms with Crippen LogP contribution in [0, 0.1) is 41.4 Å². The number of allylic oxidation sites excluding steroid dienone is 2. The van der Waals surface area contributed by atoms with Gasteiger partial charge in [-0.05, 0) is 69.8 Å². The van der Waals surface area contributed by atoms with E-state index in [1.165, 1.54) is 46.6 Å². The van der Waals surface area contributed by atoms with Gasteiger partial charge in [-0.25, -0.2) is 0 Å². The number of likely N-dealkylation sites (N-methyl/N-ethyl adjacent to an activating group) is 1. The number of carbonyl (C=O) groups excluding carboxylic acids is 2. The summed E-state index contributed by atoms with van der Waals surface area (Å²) in [5.41, 5.74) is 0.0730. The van der Waals surface area contributed by atoms with Crippen LogP contribution < -0.4 is 0 Å². The van der Waals surface area contributed by atoms with Gasteiger partial charge in [0, 0.05) is 55.9 Å². The number of ketones is 1. The van der Waals surface area contributed by atoms with Crippen LogP contribution in [0.15, 0.2) is 23.0 Å². The van der Waals surface area contributed by atoms with Crippen molar-refractivity contribution in [2.24, 2.45) is 41.4 Å². The van der Waals surface area contributed by atoms with Crippen LogP contribution in [-0.4, -0.2) is 265 Å². The van der Waals surface area contributed by atoms with E-state index in [1.807, 2.05) is 13.8 Å². The number of carbonyl (C=O) groups is 2. The van der Waals surface area contributed by atoms with Crippen LogP contribution in [0.3, 0.4) is 0 Å². The molecule has 0 bridgehead atoms. The number of nitrogens with zero attached hydrogens (tertiary/aromatic N) is 1. The van der Waals surface area contributed by atoms with E-state index >= 15 is 0 Å². The highest BCUT2D eigenvalue weighted by atomic mass is 16.7. The molecule has 2 aliphatic rings. The molecule has 512 valence electrons. The molecule has 0 spiro atoms. The monoisotopic (exact) mass is 1260 g/mol. The summed E-state index contributed by atoms with van der Waals surface area (Å²) in [7, 11) is 1.48. The molecule has 2 fully saturated rings. The Hall–Kier alpha value is -2.42. The SMILES string of the molecule is CCCCCCCCC[C@@H](O)C[C@]1(O)O[C@H](C[C@@H](O)[C@H](O)[C@@H](O)[C@H](O)[C@@H](O)C[C@@H](O)C[C@@H](O)C[C@@H](O)[C@H](C)[C@@H](O)[C@@H](C)[C@@H](O)C[C@@H](O)[C@H](C)[C@@H](O)[C@@H](C)[C@@H](O)[C@H](C)[C@H](O)[C@@H](O)C[C@H](C)C[C@H](C)/C=C(\C)C(O)=C2C(=O)[C@@H](C)N(C)C2=O)[C@@H](O)[C@H](O)[C@@H]1O. The van der Waals surface area contributed by atoms with Crippen molar-refractivity contribution in [2.75, 3.05) is 7.05 Å². The summed E-state index contributed by atoms with van der Waals surface area (Å²) < 4.78 is 5.50. The third-order valence-electron chi connectivity index (χ3n) is 18.8. The van der Waals surface area contributed by atoms with E-state index in [-0.39, 0.29) is 36.7 Å². The molecule has 0 aromatic heterocycles. The molecule has 29 atom stereocenters. The highest BCUT2D eigenvalue weighted by Crippen LogP contribution is 2.36. The fraction of sp³-hybridized carbons (Fsp3) is 0.903. The maximum atomic E-state index is 12.6. The second kappa shape index (κ2) is 37.3. The van der Waals surface area contributed by atoms with Crippen molar-refractivity contribution in [3.63, 3.8) is 0 Å². The molecule has 2 aliphatic heterocycles. The maximum Gasteiger partial charge on any atom is 0.261 e. The minimum Gasteiger partial charge on any atom is -0.507 e. The summed E-state index contributed by atoms with van der Waals surface area (Å²) in [6.07, 6.45) is -28.2. The highest BCUT2D eigenvalue weighted by Gasteiger charge is 2.54. The van der Waals surface area contributed by atoms with Crippen molar-refractivity contribution in [1.82, 2.24) is 4.90 Å². The van der Waals surface area contributed by atoms with Gasteiger partial charge >= 0.3 is 0 Å². The van der Waals surface area contributed by atoms with Gasteiger partial charge in [0.1, 0.15) is 48.0 Å². The quantitative estimate of drug-likeness (QED) is 0.0148. The van der Waals surface area contributed by atoms with Crippen LogP contribution in [0.5, 0.6) is 0 Å². The van der Waals surface area contributed by atoms with Gasteiger partial charge in [0.2, 0.25) is 0 Å². The lowest BCUT2D eigenvalue weighted by atomic mass is 9.77. The minimum absolute atomic E-state index is 0.112. The topological polar surface area (TPSA) is 471 Å². The Morgan fingerprint density at radius 2 is 0.989 bits per heavy atom. The molecule has 0 saturated carbocycles. The fourth-order valence-corrected chi connectivity index (χ4v) is 12.3. The second-order valence-electron chi connectivity index (χ2n) is 26.4. The lowest BCUT2D eigenvalue weighted by molar-refractivity contribution is -0.356. The first-order valence-corrected chi connectivity index (χ1v) is 31.5. The Bertz CT molecular complexity index is 2050. The van der Waals surface area contributed by atoms with Crippen LogP contribution in [0.4, 0.5) is 0 Å². The first kappa shape index (κ1) is 80.7. The number of Topliss-reactive ketones (excluding diaryl/α,β-unsaturated/α-hetero) is 1. The predicted molar refractivity (Wildman–Crippen MR) is 318 cm³/mol. The third-order valence-corrected chi connectivity index (χ3v) is 18.8. The van der Waals surface area contributed by atoms with Crippen LogP contribution in [0.2, 0.25) is 0 Å². The zero-order valence-electron chi connectivity index (χ0n) is 53.1. The van der Waals surface area contributed by atoms with Gasteiger partial charge in [-0.2, -0.15) is 0 Å². The van der Waals surface area contributed by atoms with Crippen molar-refractivity contribution in [3.05, 3.63) is 23.0 Å². The molecule has 25 heteroatoms. The zero-order valence-corrected chi connectivity index (χ0v) is 53.1. The van der Waals surface area contributed by atoms with E-state index < -0.39 is 213 Å². The molecular weight excluding hydrogens is 1140 g/mol. The van der Waals surface area contributed by atoms with Gasteiger partial charge in [-0.1, -0.05) is 106 Å². The molecule has 2 rings (SSSR count). The van der Waals surface area contributed by atoms with Gasteiger partial charge in [0.05, 0.1) is 91.5 Å². The lowest BCUT2D eigenvalue weighted by Crippen LogP contribution is -2.65. The Kier molecular flexibility index (Phi) is 34.6. The molecule has 0 radical (unpaired) electrons. The summed E-state index contributed by atoms with van der Waals surface area (Å²) in [6.45, 7) is 16.3. The van der Waals surface area contributed by atoms with Gasteiger partial charge < -0.3 is 117 Å². The number of amides is 1. The summed E-state index contributed by atoms with van der Waals surface area (Å²) >= 11 is 0. The number of aliphatic hydroxyl groups excluding tert-OH is 20. The Labute approximate surface area is 513 Å². The van der Waals surface area contributed by atoms with E-state index in [0.29, 0.717) is 18.4 Å². The first-order chi connectivity index (χ1) is 40.3. The fourth-order valence-electron chi connectivity index (χ4n) is 12.3. The molecule has 21 N–H and O–H groups in total. The van der Waals surface area contributed by atoms with Crippen molar-refractivity contribution in [1.29, 1.82) is 0 Å². The lowest BCUT2D eigenvalue weighted by Gasteiger charge is -2.47. The number of likely N-dealkylation sites (tertiary alicyclic amines) is 1. The molecule has 0 aromatic carbocycles. The van der Waals surface area contributed by atoms with E-state index in [0.717, 1.165) is 38.5 Å². The minimum atomic E-state index is -2.59. The smallest absolute Gasteiger partial charge is 0.261 e. The van der Waals surface area contributed by atoms with Gasteiger partial charge in [-0.15, -0.1) is 0 Å². The van der Waals surface area contributed by atoms with E-state index in [2.05, 4.69) is 6.92 Å². The molecule has 25 nitrogen and oxygen atoms in total. The molecule has 0 aliphatic carbocycles. The van der Waals surface area contributed by atoms with Crippen LogP contribution in [0.25, 0.3) is 0 Å². The standard InChI is InChI=1S/C62H115NO24/c1-12-13-14-15-16-17-18-19-38(64)28-62(86)60(84)59(83)57(81)47(87-62)27-46(72)56(80)58(82)55(79)45(71)25-40(66)23-39(65)24-41(67)32(5)50(74)33(6)42(68)26-43(69)34(7)51(75)35(8)52(76)36(9)53(77)44(70)22-30(3)20-29(2)21-31(4)49(73)48-54(78)37(10)63(11)61(48)85/h21,29-30,32-47,50-53,55-60,64-77,79-84,86H,12-20,22-28H2,1-11H3/b31-21+,49-48?/t29-,30+,32-,33-,34-,35+,36-,37+,38+,39+,40-,41+,42-,43+,44-,45-,46+,47+,50+,51+,52+,53-,55+,56-,57+,58-,59-,60-,62-/m0/s1. The van der Waals surface area contributed by atoms with Crippen LogP contribution in [-0.2, 0) is 14.3 Å². The third kappa shape index (κ3) is 23.3. The number of ether oxygens (including phenoxy) is 1. The molecule has 2 heterocycles. The number of unbranched alkanes of at least 4 members (excludes halogenated alkanes) is 6. The molecule has 2 saturated heterocycles. The number of hydrogen-bond acceptors (Lipinski definition) is 24. The Morgan fingerprint density at radius 3 is 1.51 bits per heavy atom. The van der Waals surface area contributed by atoms with E-state index in [1.54, 1.807) is 19.9 Å². The van der Waals surface area contributed by atoms with E-state index in [9.17, 15) is 117 Å². The summed E-state index contributed by atoms with van der Waals surface area (Å²) in [6, 6.07) is -0.694. The van der Waals surface area contributed by atoms with Crippen molar-refractivity contribution in [3.8, 4) is 0 Å². The van der Waals surface area contributed by atoms with Gasteiger partial charge in [0.15, 0.2) is 11.6 Å². The predicted octanol–water partition coefficient (Wildman–Crippen LogP) is -1.17. The molecule has 0 unspecified atom stereocenters. The molecule has 0 aromatic rings. The Balaban J connectivity index is 1.88. The zero-order chi connectivity index (χ0) is 66.9. The average molecular weight is 1260 g/mol. The van der Waals surface area contributed by atoms with Crippen molar-refractivity contribution >= 4 is 11.7 Å². The highest BCUT2D eigenvalue weighted by molar-refractivity contribution is 6.26. The summed E-state index contributed by atoms with van der Waals surface area (Å²) in [5, 5.41) is 229. The summed E-state index contributed by atoms with van der Waals surface area (Å²) in [4.78, 5) is 26.4. The number of rotatable bonds is 41.